The maximum absolute atomic E-state index is 6.54. The summed E-state index contributed by atoms with van der Waals surface area (Å²) in [6, 6.07) is 32.6. The minimum absolute atomic E-state index is 0.262. The first-order valence-electron chi connectivity index (χ1n) is 9.62. The molecule has 1 fully saturated rings. The largest absolute Gasteiger partial charge is 0.122 e. The number of hydrogen-bond acceptors (Lipinski definition) is 3. The first kappa shape index (κ1) is 20.3. The van der Waals surface area contributed by atoms with Gasteiger partial charge in [-0.05, 0) is 39.4 Å². The summed E-state index contributed by atoms with van der Waals surface area (Å²) >= 11 is 6.54. The van der Waals surface area contributed by atoms with Gasteiger partial charge in [-0.15, -0.1) is 11.6 Å². The van der Waals surface area contributed by atoms with E-state index in [1.807, 2.05) is 31.4 Å². The monoisotopic (exact) mass is 442 g/mol. The normalized spacial score (nSPS) is 19.6. The lowest BCUT2D eigenvalue weighted by Gasteiger charge is -2.34. The van der Waals surface area contributed by atoms with Crippen molar-refractivity contribution in [3.8, 4) is 0 Å². The first-order chi connectivity index (χ1) is 13.8. The average Bonchev–Trinajstić information content (AvgIpc) is 3.18. The highest BCUT2D eigenvalue weighted by Gasteiger charge is 2.38. The maximum atomic E-state index is 6.54. The second kappa shape index (κ2) is 9.67. The van der Waals surface area contributed by atoms with Gasteiger partial charge in [0.15, 0.2) is 0 Å². The van der Waals surface area contributed by atoms with Crippen LogP contribution >= 0.6 is 43.0 Å². The number of benzene rings is 3. The van der Waals surface area contributed by atoms with Gasteiger partial charge >= 0.3 is 0 Å². The summed E-state index contributed by atoms with van der Waals surface area (Å²) in [5, 5.41) is 0.844. The Hall–Kier alpha value is -1.00. The van der Waals surface area contributed by atoms with Crippen molar-refractivity contribution in [1.29, 1.82) is 0 Å². The fraction of sp³-hybridized carbons (Fsp3) is 0.250. The van der Waals surface area contributed by atoms with Crippen LogP contribution in [0.3, 0.4) is 0 Å². The Morgan fingerprint density at radius 1 is 0.679 bits per heavy atom. The number of halogens is 1. The molecule has 0 nitrogen and oxygen atoms in total. The predicted molar refractivity (Wildman–Crippen MR) is 129 cm³/mol. The molecule has 0 aliphatic heterocycles. The van der Waals surface area contributed by atoms with E-state index in [0.29, 0.717) is 10.6 Å². The SMILES string of the molecule is Cl[C@@H]1CCC[C@H]1SSSC(c1ccccc1)(c1ccccc1)c1ccccc1. The van der Waals surface area contributed by atoms with Gasteiger partial charge in [0.05, 0.1) is 0 Å². The fourth-order valence-corrected chi connectivity index (χ4v) is 10.3. The highest BCUT2D eigenvalue weighted by molar-refractivity contribution is 9.09. The molecule has 4 heteroatoms. The van der Waals surface area contributed by atoms with Crippen LogP contribution in [0.25, 0.3) is 0 Å². The Morgan fingerprint density at radius 3 is 1.54 bits per heavy atom. The van der Waals surface area contributed by atoms with Crippen LogP contribution in [0.15, 0.2) is 91.0 Å². The second-order valence-electron chi connectivity index (χ2n) is 7.01. The fourth-order valence-electron chi connectivity index (χ4n) is 3.77. The summed E-state index contributed by atoms with van der Waals surface area (Å²) in [6.45, 7) is 0. The molecule has 0 N–H and O–H groups in total. The van der Waals surface area contributed by atoms with Crippen molar-refractivity contribution < 1.29 is 0 Å². The zero-order valence-electron chi connectivity index (χ0n) is 15.5. The van der Waals surface area contributed by atoms with Crippen molar-refractivity contribution in [3.05, 3.63) is 108 Å². The van der Waals surface area contributed by atoms with Gasteiger partial charge in [0.2, 0.25) is 0 Å². The summed E-state index contributed by atoms with van der Waals surface area (Å²) in [7, 11) is 5.78. The van der Waals surface area contributed by atoms with E-state index in [2.05, 4.69) is 91.0 Å². The minimum atomic E-state index is -0.262. The van der Waals surface area contributed by atoms with Crippen LogP contribution in [0.2, 0.25) is 0 Å². The molecule has 0 bridgehead atoms. The van der Waals surface area contributed by atoms with Crippen molar-refractivity contribution in [2.24, 2.45) is 0 Å². The van der Waals surface area contributed by atoms with Crippen LogP contribution in [-0.2, 0) is 4.75 Å². The molecule has 0 radical (unpaired) electrons. The number of alkyl halides is 1. The zero-order chi connectivity index (χ0) is 19.2. The molecule has 1 aliphatic carbocycles. The van der Waals surface area contributed by atoms with Gasteiger partial charge in [-0.1, -0.05) is 119 Å². The molecule has 1 aliphatic rings. The average molecular weight is 443 g/mol. The van der Waals surface area contributed by atoms with Crippen molar-refractivity contribution in [2.45, 2.75) is 34.6 Å². The first-order valence-corrected chi connectivity index (χ1v) is 13.6. The molecule has 3 aromatic rings. The van der Waals surface area contributed by atoms with E-state index in [0.717, 1.165) is 6.42 Å². The molecular weight excluding hydrogens is 420 g/mol. The molecule has 2 atom stereocenters. The van der Waals surface area contributed by atoms with Crippen molar-refractivity contribution in [1.82, 2.24) is 0 Å². The van der Waals surface area contributed by atoms with E-state index in [4.69, 9.17) is 11.6 Å². The van der Waals surface area contributed by atoms with Gasteiger partial charge in [-0.2, -0.15) is 0 Å². The molecule has 0 aromatic heterocycles. The summed E-state index contributed by atoms with van der Waals surface area (Å²) < 4.78 is -0.262. The number of hydrogen-bond donors (Lipinski definition) is 0. The summed E-state index contributed by atoms with van der Waals surface area (Å²) in [4.78, 5) is 0. The Kier molecular flexibility index (Phi) is 7.00. The van der Waals surface area contributed by atoms with Crippen molar-refractivity contribution in [2.75, 3.05) is 0 Å². The quantitative estimate of drug-likeness (QED) is 0.205. The van der Waals surface area contributed by atoms with Crippen LogP contribution < -0.4 is 0 Å². The molecule has 28 heavy (non-hydrogen) atoms. The Balaban J connectivity index is 1.74. The van der Waals surface area contributed by atoms with Gasteiger partial charge in [-0.3, -0.25) is 0 Å². The molecule has 0 heterocycles. The summed E-state index contributed by atoms with van der Waals surface area (Å²) in [5.74, 6) is 0. The third-order valence-corrected chi connectivity index (χ3v) is 11.1. The van der Waals surface area contributed by atoms with E-state index >= 15 is 0 Å². The van der Waals surface area contributed by atoms with E-state index in [-0.39, 0.29) is 4.75 Å². The summed E-state index contributed by atoms with van der Waals surface area (Å²) in [6.07, 6.45) is 3.62. The van der Waals surface area contributed by atoms with Gasteiger partial charge < -0.3 is 0 Å². The molecule has 0 unspecified atom stereocenters. The van der Waals surface area contributed by atoms with Crippen LogP contribution in [0.5, 0.6) is 0 Å². The predicted octanol–water partition coefficient (Wildman–Crippen LogP) is 8.17. The smallest absolute Gasteiger partial charge is 0.102 e. The Morgan fingerprint density at radius 2 is 1.14 bits per heavy atom. The molecule has 1 saturated carbocycles. The van der Waals surface area contributed by atoms with E-state index in [1.165, 1.54) is 29.5 Å². The Bertz CT molecular complexity index is 758. The van der Waals surface area contributed by atoms with Gasteiger partial charge in [0.25, 0.3) is 0 Å². The van der Waals surface area contributed by atoms with Crippen LogP contribution in [-0.4, -0.2) is 10.6 Å². The van der Waals surface area contributed by atoms with Crippen LogP contribution in [0.4, 0.5) is 0 Å². The van der Waals surface area contributed by atoms with Crippen LogP contribution in [0, 0.1) is 0 Å². The molecule has 0 spiro atoms. The van der Waals surface area contributed by atoms with Gasteiger partial charge in [0, 0.05) is 10.6 Å². The zero-order valence-corrected chi connectivity index (χ0v) is 18.7. The minimum Gasteiger partial charge on any atom is -0.122 e. The van der Waals surface area contributed by atoms with E-state index in [1.54, 1.807) is 0 Å². The third kappa shape index (κ3) is 4.28. The molecule has 0 amide bonds. The summed E-state index contributed by atoms with van der Waals surface area (Å²) in [5.41, 5.74) is 3.91. The molecule has 3 aromatic carbocycles. The third-order valence-electron chi connectivity index (χ3n) is 5.23. The van der Waals surface area contributed by atoms with E-state index in [9.17, 15) is 0 Å². The second-order valence-corrected chi connectivity index (χ2v) is 12.0. The topological polar surface area (TPSA) is 0 Å². The van der Waals surface area contributed by atoms with Crippen molar-refractivity contribution >= 4 is 43.0 Å². The molecule has 0 saturated heterocycles. The highest BCUT2D eigenvalue weighted by atomic mass is 35.5. The highest BCUT2D eigenvalue weighted by Crippen LogP contribution is 2.58. The number of rotatable bonds is 7. The lowest BCUT2D eigenvalue weighted by molar-refractivity contribution is 0.889. The van der Waals surface area contributed by atoms with Crippen LogP contribution in [0.1, 0.15) is 36.0 Å². The van der Waals surface area contributed by atoms with Crippen molar-refractivity contribution in [3.63, 3.8) is 0 Å². The van der Waals surface area contributed by atoms with Gasteiger partial charge in [-0.25, -0.2) is 0 Å². The van der Waals surface area contributed by atoms with Gasteiger partial charge in [0.1, 0.15) is 4.75 Å². The molecule has 144 valence electrons. The lowest BCUT2D eigenvalue weighted by Crippen LogP contribution is -2.24. The molecule has 4 rings (SSSR count). The molecular formula is C24H23ClS3. The standard InChI is InChI=1S/C24H23ClS3/c25-22-17-10-18-23(22)26-28-27-24(19-11-4-1-5-12-19,20-13-6-2-7-14-20)21-15-8-3-9-16-21/h1-9,11-16,22-23H,10,17-18H2/t22-,23-/m1/s1. The lowest BCUT2D eigenvalue weighted by atomic mass is 9.84. The van der Waals surface area contributed by atoms with E-state index < -0.39 is 0 Å². The Labute approximate surface area is 184 Å². The maximum Gasteiger partial charge on any atom is 0.102 e.